The number of aryl methyl sites for hydroxylation is 1. The van der Waals surface area contributed by atoms with Gasteiger partial charge >= 0.3 is 0 Å². The topological polar surface area (TPSA) is 52.5 Å². The molecule has 0 aliphatic carbocycles. The van der Waals surface area contributed by atoms with Crippen molar-refractivity contribution in [2.45, 2.75) is 11.8 Å². The lowest BCUT2D eigenvalue weighted by atomic mass is 9.98. The molecule has 0 aromatic heterocycles. The number of anilines is 1. The van der Waals surface area contributed by atoms with E-state index in [4.69, 9.17) is 11.6 Å². The molecule has 0 saturated carbocycles. The van der Waals surface area contributed by atoms with Gasteiger partial charge in [0.1, 0.15) is 0 Å². The normalized spacial score (nSPS) is 11.8. The largest absolute Gasteiger partial charge is 0.280 e. The molecule has 3 aromatic carbocycles. The van der Waals surface area contributed by atoms with Crippen molar-refractivity contribution in [3.05, 3.63) is 101 Å². The maximum absolute atomic E-state index is 10.6. The highest BCUT2D eigenvalue weighted by Crippen LogP contribution is 2.49. The predicted octanol–water partition coefficient (Wildman–Crippen LogP) is 6.85. The van der Waals surface area contributed by atoms with Crippen molar-refractivity contribution >= 4 is 33.6 Å². The van der Waals surface area contributed by atoms with Crippen molar-refractivity contribution in [1.82, 2.24) is 0 Å². The summed E-state index contributed by atoms with van der Waals surface area (Å²) in [6.45, 7) is 6.11. The summed E-state index contributed by atoms with van der Waals surface area (Å²) in [5.74, 6) is 0. The van der Waals surface area contributed by atoms with Gasteiger partial charge in [-0.3, -0.25) is 13.8 Å². The van der Waals surface area contributed by atoms with E-state index >= 15 is 0 Å². The standard InChI is InChI=1S/C21H20ClNO2S/c1-15-8-11-19(12-9-15)26(24,25)23-21-13-10-18(22)14-20(21)16(2)17-6-4-3-5-7-17/h3-14,23-25H,2H2,1H3. The third-order valence-electron chi connectivity index (χ3n) is 4.03. The van der Waals surface area contributed by atoms with Gasteiger partial charge in [0.15, 0.2) is 0 Å². The summed E-state index contributed by atoms with van der Waals surface area (Å²) in [7, 11) is -3.22. The van der Waals surface area contributed by atoms with Gasteiger partial charge in [-0.2, -0.15) is 0 Å². The highest BCUT2D eigenvalue weighted by Gasteiger charge is 2.18. The molecule has 0 radical (unpaired) electrons. The molecule has 0 amide bonds. The number of benzene rings is 3. The summed E-state index contributed by atoms with van der Waals surface area (Å²) in [5, 5.41) is 0.550. The average Bonchev–Trinajstić information content (AvgIpc) is 2.63. The van der Waals surface area contributed by atoms with Gasteiger partial charge in [0, 0.05) is 10.6 Å². The zero-order chi connectivity index (χ0) is 18.7. The summed E-state index contributed by atoms with van der Waals surface area (Å²) in [6, 6.07) is 22.0. The van der Waals surface area contributed by atoms with Crippen LogP contribution in [0.5, 0.6) is 0 Å². The predicted molar refractivity (Wildman–Crippen MR) is 112 cm³/mol. The molecular formula is C21H20ClNO2S. The van der Waals surface area contributed by atoms with E-state index < -0.39 is 10.8 Å². The monoisotopic (exact) mass is 385 g/mol. The van der Waals surface area contributed by atoms with Crippen LogP contribution >= 0.6 is 22.4 Å². The van der Waals surface area contributed by atoms with Crippen molar-refractivity contribution in [3.8, 4) is 0 Å². The lowest BCUT2D eigenvalue weighted by molar-refractivity contribution is 0.494. The van der Waals surface area contributed by atoms with Crippen LogP contribution in [0.2, 0.25) is 5.02 Å². The first kappa shape index (κ1) is 18.5. The second-order valence-electron chi connectivity index (χ2n) is 6.00. The molecule has 0 fully saturated rings. The molecule has 134 valence electrons. The molecule has 5 heteroatoms. The summed E-state index contributed by atoms with van der Waals surface area (Å²) in [4.78, 5) is 0.425. The Hall–Kier alpha value is -2.24. The Bertz CT molecular complexity index is 925. The van der Waals surface area contributed by atoms with E-state index in [2.05, 4.69) is 11.3 Å². The van der Waals surface area contributed by atoms with Crippen molar-refractivity contribution < 1.29 is 9.11 Å². The summed E-state index contributed by atoms with van der Waals surface area (Å²) in [5.41, 5.74) is 4.01. The van der Waals surface area contributed by atoms with Crippen molar-refractivity contribution in [2.24, 2.45) is 0 Å². The molecule has 0 unspecified atom stereocenters. The highest BCUT2D eigenvalue weighted by molar-refractivity contribution is 8.25. The number of rotatable bonds is 5. The van der Waals surface area contributed by atoms with Crippen LogP contribution in [0.15, 0.2) is 84.3 Å². The van der Waals surface area contributed by atoms with E-state index in [1.165, 1.54) is 0 Å². The van der Waals surface area contributed by atoms with Gasteiger partial charge in [-0.05, 0) is 48.4 Å². The lowest BCUT2D eigenvalue weighted by Crippen LogP contribution is -2.11. The molecule has 0 heterocycles. The van der Waals surface area contributed by atoms with Gasteiger partial charge in [-0.15, -0.1) is 0 Å². The Morgan fingerprint density at radius 3 is 2.27 bits per heavy atom. The molecule has 0 aliphatic heterocycles. The first-order chi connectivity index (χ1) is 12.4. The van der Waals surface area contributed by atoms with Gasteiger partial charge in [0.2, 0.25) is 0 Å². The van der Waals surface area contributed by atoms with Crippen LogP contribution in [0, 0.1) is 6.92 Å². The van der Waals surface area contributed by atoms with Gasteiger partial charge in [-0.1, -0.05) is 77.0 Å². The SMILES string of the molecule is C=C(c1ccccc1)c1cc(Cl)ccc1NS(O)(O)c1ccc(C)cc1. The summed E-state index contributed by atoms with van der Waals surface area (Å²) < 4.78 is 24.2. The summed E-state index contributed by atoms with van der Waals surface area (Å²) in [6.07, 6.45) is 0. The lowest BCUT2D eigenvalue weighted by Gasteiger charge is -2.34. The minimum atomic E-state index is -3.22. The molecule has 0 aliphatic rings. The molecule has 0 bridgehead atoms. The van der Waals surface area contributed by atoms with Crippen LogP contribution in [0.3, 0.4) is 0 Å². The van der Waals surface area contributed by atoms with E-state index in [-0.39, 0.29) is 0 Å². The zero-order valence-corrected chi connectivity index (χ0v) is 15.9. The molecule has 0 atom stereocenters. The molecule has 3 N–H and O–H groups in total. The smallest absolute Gasteiger partial charge is 0.0801 e. The first-order valence-electron chi connectivity index (χ1n) is 8.04. The minimum Gasteiger partial charge on any atom is -0.280 e. The maximum Gasteiger partial charge on any atom is 0.0801 e. The fourth-order valence-electron chi connectivity index (χ4n) is 2.59. The van der Waals surface area contributed by atoms with Crippen LogP contribution in [0.1, 0.15) is 16.7 Å². The second kappa shape index (κ2) is 7.56. The third-order valence-corrected chi connectivity index (χ3v) is 5.70. The molecule has 3 rings (SSSR count). The van der Waals surface area contributed by atoms with Crippen LogP contribution in [0.25, 0.3) is 5.57 Å². The van der Waals surface area contributed by atoms with Crippen LogP contribution in [0.4, 0.5) is 5.69 Å². The van der Waals surface area contributed by atoms with Gasteiger partial charge in [0.05, 0.1) is 10.6 Å². The third kappa shape index (κ3) is 4.11. The minimum absolute atomic E-state index is 0.425. The van der Waals surface area contributed by atoms with Gasteiger partial charge in [-0.25, -0.2) is 0 Å². The van der Waals surface area contributed by atoms with E-state index in [1.807, 2.05) is 49.4 Å². The highest BCUT2D eigenvalue weighted by atomic mass is 35.5. The zero-order valence-electron chi connectivity index (χ0n) is 14.3. The number of hydrogen-bond acceptors (Lipinski definition) is 3. The maximum atomic E-state index is 10.6. The van der Waals surface area contributed by atoms with Crippen molar-refractivity contribution in [2.75, 3.05) is 4.72 Å². The van der Waals surface area contributed by atoms with Crippen LogP contribution in [-0.2, 0) is 0 Å². The quantitative estimate of drug-likeness (QED) is 0.450. The van der Waals surface area contributed by atoms with E-state index in [1.54, 1.807) is 30.3 Å². The van der Waals surface area contributed by atoms with E-state index in [0.29, 0.717) is 15.6 Å². The average molecular weight is 386 g/mol. The van der Waals surface area contributed by atoms with Crippen molar-refractivity contribution in [1.29, 1.82) is 0 Å². The fraction of sp³-hybridized carbons (Fsp3) is 0.0476. The molecule has 0 saturated heterocycles. The van der Waals surface area contributed by atoms with Crippen LogP contribution in [-0.4, -0.2) is 9.11 Å². The molecule has 26 heavy (non-hydrogen) atoms. The molecular weight excluding hydrogens is 366 g/mol. The second-order valence-corrected chi connectivity index (χ2v) is 8.21. The van der Waals surface area contributed by atoms with Gasteiger partial charge < -0.3 is 0 Å². The van der Waals surface area contributed by atoms with Crippen molar-refractivity contribution in [3.63, 3.8) is 0 Å². The Morgan fingerprint density at radius 1 is 0.962 bits per heavy atom. The molecule has 3 nitrogen and oxygen atoms in total. The number of hydrogen-bond donors (Lipinski definition) is 3. The Kier molecular flexibility index (Phi) is 5.39. The number of halogens is 1. The number of nitrogens with one attached hydrogen (secondary N) is 1. The van der Waals surface area contributed by atoms with Gasteiger partial charge in [0.25, 0.3) is 0 Å². The Balaban J connectivity index is 1.98. The van der Waals surface area contributed by atoms with E-state index in [9.17, 15) is 9.11 Å². The molecule has 3 aromatic rings. The first-order valence-corrected chi connectivity index (χ1v) is 9.96. The van der Waals surface area contributed by atoms with Crippen LogP contribution < -0.4 is 4.72 Å². The Labute approximate surface area is 160 Å². The summed E-state index contributed by atoms with van der Waals surface area (Å²) >= 11 is 6.17. The van der Waals surface area contributed by atoms with E-state index in [0.717, 1.165) is 22.3 Å². The fourth-order valence-corrected chi connectivity index (χ4v) is 3.88. The Morgan fingerprint density at radius 2 is 1.62 bits per heavy atom. The molecule has 0 spiro atoms.